The molecule has 1 N–H and O–H groups in total. The number of halogens is 2. The Morgan fingerprint density at radius 2 is 1.50 bits per heavy atom. The average Bonchev–Trinajstić information content (AvgIpc) is 2.91. The number of carbonyl (C=O) groups is 2. The standard InChI is InChI=1S/C28H30Cl2N4O2/c1-32(26(35)12-5-9-21-7-3-2-4-8-21)22-13-15-23(16-14-22)33-17-19-34(20-18-33)28(36)31-27-24(29)10-6-11-25(27)30/h2-4,6-8,10-11,13-16H,5,9,12,17-20H2,1H3,(H,31,36). The van der Waals surface area contributed by atoms with Crippen molar-refractivity contribution in [2.24, 2.45) is 0 Å². The Labute approximate surface area is 222 Å². The number of rotatable bonds is 7. The van der Waals surface area contributed by atoms with Gasteiger partial charge in [0.1, 0.15) is 0 Å². The van der Waals surface area contributed by atoms with Gasteiger partial charge in [-0.3, -0.25) is 4.79 Å². The van der Waals surface area contributed by atoms with Crippen LogP contribution >= 0.6 is 23.2 Å². The zero-order chi connectivity index (χ0) is 25.5. The topological polar surface area (TPSA) is 55.9 Å². The summed E-state index contributed by atoms with van der Waals surface area (Å²) in [5, 5.41) is 3.65. The van der Waals surface area contributed by atoms with Crippen LogP contribution < -0.4 is 15.1 Å². The molecule has 6 nitrogen and oxygen atoms in total. The number of nitrogens with zero attached hydrogens (tertiary/aromatic N) is 3. The van der Waals surface area contributed by atoms with Crippen LogP contribution in [0.4, 0.5) is 21.9 Å². The minimum absolute atomic E-state index is 0.108. The van der Waals surface area contributed by atoms with Gasteiger partial charge < -0.3 is 20.0 Å². The zero-order valence-electron chi connectivity index (χ0n) is 20.3. The molecule has 4 rings (SSSR count). The summed E-state index contributed by atoms with van der Waals surface area (Å²) in [6.45, 7) is 2.57. The van der Waals surface area contributed by atoms with Gasteiger partial charge in [-0.15, -0.1) is 0 Å². The SMILES string of the molecule is CN(C(=O)CCCc1ccccc1)c1ccc(N2CCN(C(=O)Nc3c(Cl)cccc3Cl)CC2)cc1. The summed E-state index contributed by atoms with van der Waals surface area (Å²) in [7, 11) is 1.82. The molecule has 0 radical (unpaired) electrons. The maximum absolute atomic E-state index is 12.7. The number of anilines is 3. The molecule has 0 aromatic heterocycles. The van der Waals surface area contributed by atoms with E-state index in [1.807, 2.05) is 49.5 Å². The zero-order valence-corrected chi connectivity index (χ0v) is 21.8. The van der Waals surface area contributed by atoms with Crippen molar-refractivity contribution in [1.82, 2.24) is 4.90 Å². The lowest BCUT2D eigenvalue weighted by molar-refractivity contribution is -0.118. The molecule has 3 amide bonds. The van der Waals surface area contributed by atoms with Crippen molar-refractivity contribution in [2.75, 3.05) is 48.3 Å². The summed E-state index contributed by atoms with van der Waals surface area (Å²) in [5.74, 6) is 0.108. The van der Waals surface area contributed by atoms with Gasteiger partial charge in [0.15, 0.2) is 0 Å². The first-order chi connectivity index (χ1) is 17.4. The van der Waals surface area contributed by atoms with Gasteiger partial charge in [-0.1, -0.05) is 59.6 Å². The van der Waals surface area contributed by atoms with E-state index >= 15 is 0 Å². The molecule has 188 valence electrons. The van der Waals surface area contributed by atoms with E-state index in [4.69, 9.17) is 23.2 Å². The summed E-state index contributed by atoms with van der Waals surface area (Å²) < 4.78 is 0. The molecule has 0 aliphatic carbocycles. The number of aryl methyl sites for hydroxylation is 1. The molecule has 0 unspecified atom stereocenters. The second-order valence-corrected chi connectivity index (χ2v) is 9.62. The Kier molecular flexibility index (Phi) is 8.73. The van der Waals surface area contributed by atoms with Crippen molar-refractivity contribution in [1.29, 1.82) is 0 Å². The molecule has 1 fully saturated rings. The minimum Gasteiger partial charge on any atom is -0.368 e. The Morgan fingerprint density at radius 1 is 0.861 bits per heavy atom. The smallest absolute Gasteiger partial charge is 0.322 e. The second-order valence-electron chi connectivity index (χ2n) is 8.81. The van der Waals surface area contributed by atoms with Crippen LogP contribution in [-0.2, 0) is 11.2 Å². The first kappa shape index (κ1) is 25.9. The predicted octanol–water partition coefficient (Wildman–Crippen LogP) is 6.33. The van der Waals surface area contributed by atoms with E-state index in [2.05, 4.69) is 22.3 Å². The molecule has 3 aromatic rings. The minimum atomic E-state index is -0.215. The second kappa shape index (κ2) is 12.2. The maximum atomic E-state index is 12.7. The van der Waals surface area contributed by atoms with Crippen molar-refractivity contribution >= 4 is 52.2 Å². The van der Waals surface area contributed by atoms with E-state index in [0.717, 1.165) is 24.2 Å². The average molecular weight is 525 g/mol. The lowest BCUT2D eigenvalue weighted by Crippen LogP contribution is -2.50. The van der Waals surface area contributed by atoms with E-state index in [-0.39, 0.29) is 11.9 Å². The first-order valence-electron chi connectivity index (χ1n) is 12.1. The van der Waals surface area contributed by atoms with Gasteiger partial charge in [0.2, 0.25) is 5.91 Å². The fourth-order valence-corrected chi connectivity index (χ4v) is 4.75. The van der Waals surface area contributed by atoms with Crippen LogP contribution in [0.3, 0.4) is 0 Å². The molecule has 0 spiro atoms. The number of hydrogen-bond acceptors (Lipinski definition) is 3. The van der Waals surface area contributed by atoms with Crippen LogP contribution in [0, 0.1) is 0 Å². The van der Waals surface area contributed by atoms with Crippen LogP contribution in [-0.4, -0.2) is 50.1 Å². The van der Waals surface area contributed by atoms with Crippen LogP contribution in [0.2, 0.25) is 10.0 Å². The van der Waals surface area contributed by atoms with Crippen LogP contribution in [0.5, 0.6) is 0 Å². The third-order valence-electron chi connectivity index (χ3n) is 6.44. The summed E-state index contributed by atoms with van der Waals surface area (Å²) in [4.78, 5) is 31.1. The molecule has 1 aliphatic rings. The molecule has 3 aromatic carbocycles. The Bertz CT molecular complexity index is 1160. The molecular formula is C28H30Cl2N4O2. The number of nitrogens with one attached hydrogen (secondary N) is 1. The molecule has 0 saturated carbocycles. The summed E-state index contributed by atoms with van der Waals surface area (Å²) in [6.07, 6.45) is 2.23. The molecule has 8 heteroatoms. The third-order valence-corrected chi connectivity index (χ3v) is 7.07. The van der Waals surface area contributed by atoms with Crippen LogP contribution in [0.1, 0.15) is 18.4 Å². The molecule has 36 heavy (non-hydrogen) atoms. The molecule has 1 saturated heterocycles. The highest BCUT2D eigenvalue weighted by Gasteiger charge is 2.23. The van der Waals surface area contributed by atoms with Gasteiger partial charge >= 0.3 is 6.03 Å². The Morgan fingerprint density at radius 3 is 2.14 bits per heavy atom. The van der Waals surface area contributed by atoms with Gasteiger partial charge in [0.05, 0.1) is 15.7 Å². The molecule has 0 bridgehead atoms. The monoisotopic (exact) mass is 524 g/mol. The lowest BCUT2D eigenvalue weighted by Gasteiger charge is -2.36. The van der Waals surface area contributed by atoms with Gasteiger partial charge in [-0.25, -0.2) is 4.79 Å². The number of urea groups is 1. The maximum Gasteiger partial charge on any atom is 0.322 e. The fourth-order valence-electron chi connectivity index (χ4n) is 4.26. The van der Waals surface area contributed by atoms with E-state index in [1.54, 1.807) is 28.0 Å². The van der Waals surface area contributed by atoms with E-state index in [1.165, 1.54) is 5.56 Å². The fraction of sp³-hybridized carbons (Fsp3) is 0.286. The van der Waals surface area contributed by atoms with Crippen LogP contribution in [0.25, 0.3) is 0 Å². The predicted molar refractivity (Wildman–Crippen MR) is 148 cm³/mol. The molecule has 0 atom stereocenters. The van der Waals surface area contributed by atoms with Crippen molar-refractivity contribution in [3.8, 4) is 0 Å². The van der Waals surface area contributed by atoms with E-state index in [9.17, 15) is 9.59 Å². The third kappa shape index (κ3) is 6.50. The van der Waals surface area contributed by atoms with Crippen LogP contribution in [0.15, 0.2) is 72.8 Å². The summed E-state index contributed by atoms with van der Waals surface area (Å²) in [6, 6.07) is 23.2. The van der Waals surface area contributed by atoms with E-state index < -0.39 is 0 Å². The highest BCUT2D eigenvalue weighted by Crippen LogP contribution is 2.30. The summed E-state index contributed by atoms with van der Waals surface area (Å²) >= 11 is 12.3. The van der Waals surface area contributed by atoms with Gasteiger partial charge in [0, 0.05) is 51.0 Å². The molecular weight excluding hydrogens is 495 g/mol. The lowest BCUT2D eigenvalue weighted by atomic mass is 10.1. The van der Waals surface area contributed by atoms with Crippen molar-refractivity contribution < 1.29 is 9.59 Å². The first-order valence-corrected chi connectivity index (χ1v) is 12.8. The van der Waals surface area contributed by atoms with Gasteiger partial charge in [-0.2, -0.15) is 0 Å². The molecule has 1 heterocycles. The number of piperazine rings is 1. The molecule has 1 aliphatic heterocycles. The largest absolute Gasteiger partial charge is 0.368 e. The number of carbonyl (C=O) groups excluding carboxylic acids is 2. The highest BCUT2D eigenvalue weighted by molar-refractivity contribution is 6.39. The van der Waals surface area contributed by atoms with Crippen molar-refractivity contribution in [3.63, 3.8) is 0 Å². The number of amides is 3. The van der Waals surface area contributed by atoms with Crippen molar-refractivity contribution in [2.45, 2.75) is 19.3 Å². The Balaban J connectivity index is 1.25. The van der Waals surface area contributed by atoms with Crippen molar-refractivity contribution in [3.05, 3.63) is 88.4 Å². The Hall–Kier alpha value is -3.22. The number of hydrogen-bond donors (Lipinski definition) is 1. The normalized spacial score (nSPS) is 13.4. The van der Waals surface area contributed by atoms with Gasteiger partial charge in [0.25, 0.3) is 0 Å². The van der Waals surface area contributed by atoms with E-state index in [0.29, 0.717) is 48.3 Å². The quantitative estimate of drug-likeness (QED) is 0.392. The number of benzene rings is 3. The summed E-state index contributed by atoms with van der Waals surface area (Å²) in [5.41, 5.74) is 3.63. The number of para-hydroxylation sites is 1. The highest BCUT2D eigenvalue weighted by atomic mass is 35.5. The van der Waals surface area contributed by atoms with Gasteiger partial charge in [-0.05, 0) is 54.8 Å².